The lowest BCUT2D eigenvalue weighted by Gasteiger charge is -2.36. The number of nitrogens with one attached hydrogen (secondary N) is 1. The third-order valence-corrected chi connectivity index (χ3v) is 3.32. The smallest absolute Gasteiger partial charge is 0.410 e. The number of carbonyl (C=O) groups is 2. The highest BCUT2D eigenvalue weighted by Crippen LogP contribution is 2.16. The van der Waals surface area contributed by atoms with E-state index in [1.165, 1.54) is 6.26 Å². The molecule has 0 aliphatic carbocycles. The fourth-order valence-electron chi connectivity index (χ4n) is 2.22. The zero-order valence-corrected chi connectivity index (χ0v) is 13.6. The summed E-state index contributed by atoms with van der Waals surface area (Å²) < 4.78 is 10.5. The maximum absolute atomic E-state index is 12.0. The van der Waals surface area contributed by atoms with Crippen LogP contribution >= 0.6 is 0 Å². The molecule has 1 amide bonds. The molecular formula is C15H23N3O5. The van der Waals surface area contributed by atoms with Gasteiger partial charge in [0.1, 0.15) is 11.4 Å². The minimum Gasteiger partial charge on any atom is -0.480 e. The van der Waals surface area contributed by atoms with Gasteiger partial charge in [0, 0.05) is 26.2 Å². The van der Waals surface area contributed by atoms with Gasteiger partial charge in [-0.15, -0.1) is 0 Å². The summed E-state index contributed by atoms with van der Waals surface area (Å²) in [4.78, 5) is 25.0. The summed E-state index contributed by atoms with van der Waals surface area (Å²) in [5, 5.41) is 11.1. The van der Waals surface area contributed by atoms with Crippen LogP contribution < -0.4 is 5.43 Å². The van der Waals surface area contributed by atoms with Gasteiger partial charge in [-0.25, -0.2) is 20.0 Å². The molecule has 1 atom stereocenters. The summed E-state index contributed by atoms with van der Waals surface area (Å²) in [5.41, 5.74) is 2.40. The number of rotatable bonds is 4. The van der Waals surface area contributed by atoms with E-state index in [4.69, 9.17) is 9.15 Å². The highest BCUT2D eigenvalue weighted by Gasteiger charge is 2.29. The second-order valence-corrected chi connectivity index (χ2v) is 6.37. The Morgan fingerprint density at radius 3 is 2.43 bits per heavy atom. The number of carbonyl (C=O) groups excluding carboxylic acids is 1. The topological polar surface area (TPSA) is 95.2 Å². The lowest BCUT2D eigenvalue weighted by Crippen LogP contribution is -2.55. The van der Waals surface area contributed by atoms with Gasteiger partial charge in [-0.2, -0.15) is 0 Å². The number of hydrazine groups is 1. The number of aliphatic carboxylic acids is 1. The fraction of sp³-hybridized carbons (Fsp3) is 0.600. The van der Waals surface area contributed by atoms with E-state index in [0.717, 1.165) is 0 Å². The zero-order valence-electron chi connectivity index (χ0n) is 13.6. The summed E-state index contributed by atoms with van der Waals surface area (Å²) in [5.74, 6) is -0.679. The fourth-order valence-corrected chi connectivity index (χ4v) is 2.22. The summed E-state index contributed by atoms with van der Waals surface area (Å²) in [6, 6.07) is 2.31. The van der Waals surface area contributed by atoms with Gasteiger partial charge in [-0.3, -0.25) is 0 Å². The van der Waals surface area contributed by atoms with Gasteiger partial charge in [0.05, 0.1) is 6.26 Å². The van der Waals surface area contributed by atoms with E-state index < -0.39 is 17.6 Å². The Morgan fingerprint density at radius 1 is 1.30 bits per heavy atom. The second-order valence-electron chi connectivity index (χ2n) is 6.37. The van der Waals surface area contributed by atoms with Crippen molar-refractivity contribution in [2.45, 2.75) is 32.4 Å². The number of piperazine rings is 1. The number of hydrogen-bond acceptors (Lipinski definition) is 6. The van der Waals surface area contributed by atoms with Gasteiger partial charge >= 0.3 is 12.1 Å². The molecule has 128 valence electrons. The van der Waals surface area contributed by atoms with Crippen LogP contribution in [0.25, 0.3) is 0 Å². The number of amides is 1. The van der Waals surface area contributed by atoms with Crippen molar-refractivity contribution < 1.29 is 23.8 Å². The van der Waals surface area contributed by atoms with Gasteiger partial charge in [-0.1, -0.05) is 0 Å². The van der Waals surface area contributed by atoms with E-state index >= 15 is 0 Å². The van der Waals surface area contributed by atoms with Gasteiger partial charge in [-0.05, 0) is 32.9 Å². The number of nitrogens with zero attached hydrogens (tertiary/aromatic N) is 2. The van der Waals surface area contributed by atoms with Gasteiger partial charge in [0.2, 0.25) is 0 Å². The van der Waals surface area contributed by atoms with Crippen LogP contribution in [0.2, 0.25) is 0 Å². The van der Waals surface area contributed by atoms with Crippen molar-refractivity contribution in [3.63, 3.8) is 0 Å². The van der Waals surface area contributed by atoms with Crippen molar-refractivity contribution in [3.8, 4) is 0 Å². The van der Waals surface area contributed by atoms with Crippen molar-refractivity contribution in [1.29, 1.82) is 0 Å². The van der Waals surface area contributed by atoms with Crippen LogP contribution in [0.1, 0.15) is 32.6 Å². The van der Waals surface area contributed by atoms with E-state index in [0.29, 0.717) is 31.9 Å². The van der Waals surface area contributed by atoms with Gasteiger partial charge in [0.25, 0.3) is 0 Å². The lowest BCUT2D eigenvalue weighted by atomic mass is 10.2. The molecule has 0 bridgehead atoms. The van der Waals surface area contributed by atoms with Gasteiger partial charge < -0.3 is 19.2 Å². The molecule has 1 fully saturated rings. The predicted octanol–water partition coefficient (Wildman–Crippen LogP) is 1.46. The first kappa shape index (κ1) is 17.3. The normalized spacial score (nSPS) is 17.8. The number of carboxylic acid groups (broad SMARTS) is 1. The van der Waals surface area contributed by atoms with E-state index in [1.807, 2.05) is 20.8 Å². The average molecular weight is 325 g/mol. The molecule has 1 saturated heterocycles. The van der Waals surface area contributed by atoms with E-state index in [1.54, 1.807) is 22.0 Å². The largest absolute Gasteiger partial charge is 0.480 e. The molecule has 1 aromatic rings. The Kier molecular flexibility index (Phi) is 5.27. The first-order valence-electron chi connectivity index (χ1n) is 7.51. The number of carboxylic acids is 1. The van der Waals surface area contributed by atoms with Crippen LogP contribution in [-0.4, -0.2) is 58.9 Å². The van der Waals surface area contributed by atoms with E-state index in [-0.39, 0.29) is 6.09 Å². The van der Waals surface area contributed by atoms with Crippen LogP contribution in [0.4, 0.5) is 4.79 Å². The standard InChI is InChI=1S/C15H23N3O5/c1-15(2,3)23-14(21)17-6-8-18(9-7-17)16-12(13(19)20)11-5-4-10-22-11/h4-5,10,12,16H,6-9H2,1-3H3,(H,19,20). The molecule has 0 aromatic carbocycles. The Balaban J connectivity index is 1.86. The third kappa shape index (κ3) is 4.97. The summed E-state index contributed by atoms with van der Waals surface area (Å²) in [6.07, 6.45) is 1.09. The molecule has 0 spiro atoms. The minimum atomic E-state index is -1.02. The molecule has 0 saturated carbocycles. The Labute approximate surface area is 135 Å². The summed E-state index contributed by atoms with van der Waals surface area (Å²) >= 11 is 0. The summed E-state index contributed by atoms with van der Waals surface area (Å²) in [6.45, 7) is 7.41. The first-order valence-corrected chi connectivity index (χ1v) is 7.51. The molecule has 8 nitrogen and oxygen atoms in total. The highest BCUT2D eigenvalue weighted by atomic mass is 16.6. The maximum atomic E-state index is 12.0. The third-order valence-electron chi connectivity index (χ3n) is 3.32. The average Bonchev–Trinajstić information content (AvgIpc) is 2.97. The minimum absolute atomic E-state index is 0.340. The molecular weight excluding hydrogens is 302 g/mol. The lowest BCUT2D eigenvalue weighted by molar-refractivity contribution is -0.142. The Morgan fingerprint density at radius 2 is 1.96 bits per heavy atom. The molecule has 2 heterocycles. The molecule has 1 unspecified atom stereocenters. The van der Waals surface area contributed by atoms with Crippen molar-refractivity contribution in [1.82, 2.24) is 15.3 Å². The second kappa shape index (κ2) is 7.01. The number of furan rings is 1. The monoisotopic (exact) mass is 325 g/mol. The van der Waals surface area contributed by atoms with E-state index in [2.05, 4.69) is 5.43 Å². The van der Waals surface area contributed by atoms with E-state index in [9.17, 15) is 14.7 Å². The Hall–Kier alpha value is -2.06. The molecule has 1 aliphatic heterocycles. The van der Waals surface area contributed by atoms with Crippen LogP contribution in [0, 0.1) is 0 Å². The Bertz CT molecular complexity index is 530. The SMILES string of the molecule is CC(C)(C)OC(=O)N1CCN(NC(C(=O)O)c2ccco2)CC1. The molecule has 1 aromatic heterocycles. The van der Waals surface area contributed by atoms with Crippen molar-refractivity contribution in [3.05, 3.63) is 24.2 Å². The molecule has 0 radical (unpaired) electrons. The molecule has 1 aliphatic rings. The molecule has 8 heteroatoms. The molecule has 2 rings (SSSR count). The summed E-state index contributed by atoms with van der Waals surface area (Å²) in [7, 11) is 0. The maximum Gasteiger partial charge on any atom is 0.410 e. The van der Waals surface area contributed by atoms with Crippen molar-refractivity contribution in [2.24, 2.45) is 0 Å². The van der Waals surface area contributed by atoms with Gasteiger partial charge in [0.15, 0.2) is 6.04 Å². The van der Waals surface area contributed by atoms with Crippen LogP contribution in [-0.2, 0) is 9.53 Å². The molecule has 2 N–H and O–H groups in total. The zero-order chi connectivity index (χ0) is 17.0. The highest BCUT2D eigenvalue weighted by molar-refractivity contribution is 5.74. The van der Waals surface area contributed by atoms with Crippen LogP contribution in [0.15, 0.2) is 22.8 Å². The molecule has 23 heavy (non-hydrogen) atoms. The number of ether oxygens (including phenoxy) is 1. The van der Waals surface area contributed by atoms with Crippen LogP contribution in [0.5, 0.6) is 0 Å². The number of hydrogen-bond donors (Lipinski definition) is 2. The quantitative estimate of drug-likeness (QED) is 0.865. The predicted molar refractivity (Wildman–Crippen MR) is 81.6 cm³/mol. The first-order chi connectivity index (χ1) is 10.8. The van der Waals surface area contributed by atoms with Crippen LogP contribution in [0.3, 0.4) is 0 Å². The van der Waals surface area contributed by atoms with Crippen molar-refractivity contribution >= 4 is 12.1 Å². The van der Waals surface area contributed by atoms with Crippen molar-refractivity contribution in [2.75, 3.05) is 26.2 Å².